The molecule has 0 radical (unpaired) electrons. The molecule has 58 heavy (non-hydrogen) atoms. The number of carbonyl (C=O) groups excluding carboxylic acids is 2. The minimum atomic E-state index is -0.508. The fourth-order valence-electron chi connectivity index (χ4n) is 5.76. The van der Waals surface area contributed by atoms with Crippen LogP contribution in [-0.2, 0) is 0 Å². The third-order valence-corrected chi connectivity index (χ3v) is 8.70. The Kier molecular flexibility index (Phi) is 11.5. The van der Waals surface area contributed by atoms with Crippen LogP contribution in [0.4, 0.5) is 45.5 Å². The number of amides is 2. The number of phenols is 2. The number of anilines is 2. The summed E-state index contributed by atoms with van der Waals surface area (Å²) in [6.07, 6.45) is 0. The predicted molar refractivity (Wildman–Crippen MR) is 221 cm³/mol. The normalized spacial score (nSPS) is 11.3. The third kappa shape index (κ3) is 8.66. The quantitative estimate of drug-likeness (QED) is 0.0893. The number of para-hydroxylation sites is 3. The maximum Gasteiger partial charge on any atom is 0.259 e. The van der Waals surface area contributed by atoms with Gasteiger partial charge in [0, 0.05) is 28.9 Å². The molecule has 0 aromatic heterocycles. The van der Waals surface area contributed by atoms with Crippen molar-refractivity contribution in [1.82, 2.24) is 0 Å². The first-order chi connectivity index (χ1) is 28.3. The van der Waals surface area contributed by atoms with Gasteiger partial charge in [-0.05, 0) is 72.1 Å². The predicted octanol–water partition coefficient (Wildman–Crippen LogP) is 12.0. The number of aromatic hydroxyl groups is 2. The summed E-state index contributed by atoms with van der Waals surface area (Å²) in [5, 5.41) is 54.7. The van der Waals surface area contributed by atoms with E-state index in [-0.39, 0.29) is 39.7 Å². The number of methoxy groups -OCH3 is 2. The Bertz CT molecular complexity index is 2700. The van der Waals surface area contributed by atoms with Crippen LogP contribution < -0.4 is 20.1 Å². The molecule has 0 fully saturated rings. The fraction of sp³-hybridized carbons (Fsp3) is 0.0455. The summed E-state index contributed by atoms with van der Waals surface area (Å²) in [4.78, 5) is 26.0. The number of ether oxygens (including phenoxy) is 2. The molecule has 0 bridgehead atoms. The van der Waals surface area contributed by atoms with Crippen molar-refractivity contribution in [3.8, 4) is 23.0 Å². The highest BCUT2D eigenvalue weighted by Gasteiger charge is 2.20. The van der Waals surface area contributed by atoms with Crippen LogP contribution in [-0.4, -0.2) is 36.2 Å². The van der Waals surface area contributed by atoms with Gasteiger partial charge in [-0.3, -0.25) is 9.59 Å². The van der Waals surface area contributed by atoms with Gasteiger partial charge in [0.1, 0.15) is 34.2 Å². The second-order valence-corrected chi connectivity index (χ2v) is 12.5. The zero-order valence-corrected chi connectivity index (χ0v) is 31.1. The standard InChI is InChI=1S/C44H34N8O6/c1-57-38-26-37(51-52-40-32-17-10-9-12-27(32)24-34(42(40)54)44(56)46-29-15-7-4-8-16-29)39(58-2)25-36(38)50-48-31-22-20-30(21-23-31)47-49-35-19-11-18-33(41(35)53)43(55)45-28-13-5-3-6-14-28/h3-26,53-54H,1-2H3,(H,45,55)(H,46,56). The van der Waals surface area contributed by atoms with Gasteiger partial charge < -0.3 is 30.3 Å². The highest BCUT2D eigenvalue weighted by atomic mass is 16.5. The molecule has 7 aromatic rings. The van der Waals surface area contributed by atoms with Gasteiger partial charge in [-0.2, -0.15) is 10.2 Å². The van der Waals surface area contributed by atoms with E-state index in [2.05, 4.69) is 41.3 Å². The highest BCUT2D eigenvalue weighted by Crippen LogP contribution is 2.44. The van der Waals surface area contributed by atoms with Crippen LogP contribution in [0.1, 0.15) is 20.7 Å². The molecule has 4 N–H and O–H groups in total. The summed E-state index contributed by atoms with van der Waals surface area (Å²) in [5.74, 6) is -1.02. The number of phenolic OH excluding ortho intramolecular Hbond substituents is 2. The smallest absolute Gasteiger partial charge is 0.259 e. The van der Waals surface area contributed by atoms with Crippen molar-refractivity contribution in [2.24, 2.45) is 30.7 Å². The van der Waals surface area contributed by atoms with Crippen molar-refractivity contribution in [1.29, 1.82) is 0 Å². The minimum Gasteiger partial charge on any atom is -0.505 e. The summed E-state index contributed by atoms with van der Waals surface area (Å²) in [6, 6.07) is 41.2. The lowest BCUT2D eigenvalue weighted by atomic mass is 10.0. The molecule has 286 valence electrons. The molecule has 2 amide bonds. The zero-order chi connectivity index (χ0) is 40.4. The molecule has 0 saturated carbocycles. The average molecular weight is 771 g/mol. The lowest BCUT2D eigenvalue weighted by Gasteiger charge is -2.12. The van der Waals surface area contributed by atoms with Crippen LogP contribution in [0.15, 0.2) is 176 Å². The van der Waals surface area contributed by atoms with E-state index in [1.54, 1.807) is 115 Å². The molecule has 7 rings (SSSR count). The first kappa shape index (κ1) is 38.0. The van der Waals surface area contributed by atoms with Crippen LogP contribution in [0.5, 0.6) is 23.0 Å². The number of nitrogens with one attached hydrogen (secondary N) is 2. The van der Waals surface area contributed by atoms with E-state index in [0.717, 1.165) is 0 Å². The number of hydrogen-bond acceptors (Lipinski definition) is 12. The number of carbonyl (C=O) groups is 2. The molecule has 0 spiro atoms. The molecule has 0 aliphatic heterocycles. The van der Waals surface area contributed by atoms with Crippen molar-refractivity contribution < 1.29 is 29.3 Å². The van der Waals surface area contributed by atoms with Crippen molar-refractivity contribution in [3.05, 3.63) is 157 Å². The van der Waals surface area contributed by atoms with E-state index in [9.17, 15) is 19.8 Å². The monoisotopic (exact) mass is 770 g/mol. The minimum absolute atomic E-state index is 0.0302. The molecule has 0 aliphatic rings. The first-order valence-electron chi connectivity index (χ1n) is 17.7. The molecule has 0 unspecified atom stereocenters. The molecule has 0 saturated heterocycles. The number of rotatable bonds is 12. The van der Waals surface area contributed by atoms with Gasteiger partial charge in [0.2, 0.25) is 0 Å². The van der Waals surface area contributed by atoms with E-state index < -0.39 is 11.8 Å². The van der Waals surface area contributed by atoms with Crippen LogP contribution in [0.25, 0.3) is 10.8 Å². The zero-order valence-electron chi connectivity index (χ0n) is 31.1. The molecule has 14 heteroatoms. The van der Waals surface area contributed by atoms with Crippen molar-refractivity contribution in [2.75, 3.05) is 24.9 Å². The third-order valence-electron chi connectivity index (χ3n) is 8.70. The Balaban J connectivity index is 1.08. The summed E-state index contributed by atoms with van der Waals surface area (Å²) in [5.41, 5.74) is 3.03. The Hall–Kier alpha value is -8.26. The number of hydrogen-bond donors (Lipinski definition) is 4. The Morgan fingerprint density at radius 1 is 0.483 bits per heavy atom. The van der Waals surface area contributed by atoms with Crippen LogP contribution in [0.3, 0.4) is 0 Å². The first-order valence-corrected chi connectivity index (χ1v) is 17.7. The second kappa shape index (κ2) is 17.5. The molecular formula is C44H34N8O6. The van der Waals surface area contributed by atoms with Gasteiger partial charge in [-0.15, -0.1) is 20.5 Å². The number of nitrogens with zero attached hydrogens (tertiary/aromatic N) is 6. The van der Waals surface area contributed by atoms with Crippen molar-refractivity contribution in [2.45, 2.75) is 0 Å². The maximum absolute atomic E-state index is 13.2. The van der Waals surface area contributed by atoms with Crippen molar-refractivity contribution in [3.63, 3.8) is 0 Å². The van der Waals surface area contributed by atoms with E-state index in [1.807, 2.05) is 24.3 Å². The Morgan fingerprint density at radius 2 is 0.983 bits per heavy atom. The Labute approximate surface area is 331 Å². The maximum atomic E-state index is 13.2. The highest BCUT2D eigenvalue weighted by molar-refractivity contribution is 6.12. The molecule has 0 heterocycles. The van der Waals surface area contributed by atoms with E-state index in [4.69, 9.17) is 9.47 Å². The van der Waals surface area contributed by atoms with E-state index in [0.29, 0.717) is 50.7 Å². The molecule has 7 aromatic carbocycles. The molecular weight excluding hydrogens is 737 g/mol. The summed E-state index contributed by atoms with van der Waals surface area (Å²) in [6.45, 7) is 0. The molecule has 0 aliphatic carbocycles. The molecule has 14 nitrogen and oxygen atoms in total. The second-order valence-electron chi connectivity index (χ2n) is 12.5. The van der Waals surface area contributed by atoms with Gasteiger partial charge in [0.15, 0.2) is 11.5 Å². The summed E-state index contributed by atoms with van der Waals surface area (Å²) in [7, 11) is 2.94. The van der Waals surface area contributed by atoms with Gasteiger partial charge in [0.25, 0.3) is 11.8 Å². The lowest BCUT2D eigenvalue weighted by molar-refractivity contribution is 0.101. The van der Waals surface area contributed by atoms with E-state index in [1.165, 1.54) is 20.3 Å². The van der Waals surface area contributed by atoms with Crippen LogP contribution in [0, 0.1) is 0 Å². The van der Waals surface area contributed by atoms with E-state index >= 15 is 0 Å². The summed E-state index contributed by atoms with van der Waals surface area (Å²) >= 11 is 0. The molecule has 0 atom stereocenters. The van der Waals surface area contributed by atoms with Crippen LogP contribution in [0.2, 0.25) is 0 Å². The van der Waals surface area contributed by atoms with Gasteiger partial charge in [-0.1, -0.05) is 66.7 Å². The van der Waals surface area contributed by atoms with Gasteiger partial charge in [0.05, 0.1) is 36.7 Å². The van der Waals surface area contributed by atoms with Gasteiger partial charge in [-0.25, -0.2) is 0 Å². The van der Waals surface area contributed by atoms with Crippen molar-refractivity contribution >= 4 is 68.1 Å². The number of fused-ring (bicyclic) bond motifs is 1. The number of azo groups is 3. The van der Waals surface area contributed by atoms with Gasteiger partial charge >= 0.3 is 0 Å². The SMILES string of the molecule is COc1cc(N=Nc2c(O)c(C(=O)Nc3ccccc3)cc3ccccc23)c(OC)cc1N=Nc1ccc(N=Nc2cccc(C(=O)Nc3ccccc3)c2O)cc1. The average Bonchev–Trinajstić information content (AvgIpc) is 3.25. The lowest BCUT2D eigenvalue weighted by Crippen LogP contribution is -2.12. The Morgan fingerprint density at radius 3 is 1.55 bits per heavy atom. The summed E-state index contributed by atoms with van der Waals surface area (Å²) < 4.78 is 11.2. The topological polar surface area (TPSA) is 191 Å². The fourth-order valence-corrected chi connectivity index (χ4v) is 5.76. The van der Waals surface area contributed by atoms with Crippen LogP contribution >= 0.6 is 0 Å². The largest absolute Gasteiger partial charge is 0.505 e. The number of benzene rings is 7.